The first-order chi connectivity index (χ1) is 12.7. The van der Waals surface area contributed by atoms with Crippen LogP contribution in [0.5, 0.6) is 5.75 Å². The number of rotatable bonds is 8. The normalized spacial score (nSPS) is 10.5. The Morgan fingerprint density at radius 1 is 1.12 bits per heavy atom. The summed E-state index contributed by atoms with van der Waals surface area (Å²) < 4.78 is 5.42. The van der Waals surface area contributed by atoms with Crippen molar-refractivity contribution < 1.29 is 9.53 Å². The first kappa shape index (κ1) is 18.4. The number of hydrogen-bond donors (Lipinski definition) is 1. The zero-order chi connectivity index (χ0) is 18.2. The Balaban J connectivity index is 1.53. The van der Waals surface area contributed by atoms with Crippen LogP contribution >= 0.6 is 23.1 Å². The van der Waals surface area contributed by atoms with E-state index in [1.165, 1.54) is 16.9 Å². The Morgan fingerprint density at radius 3 is 2.77 bits per heavy atom. The fraction of sp³-hybridized carbons (Fsp3) is 0.211. The van der Waals surface area contributed by atoms with Gasteiger partial charge in [0.2, 0.25) is 5.13 Å². The molecule has 0 spiro atoms. The quantitative estimate of drug-likeness (QED) is 0.613. The predicted octanol–water partition coefficient (Wildman–Crippen LogP) is 4.62. The second-order valence-electron chi connectivity index (χ2n) is 5.39. The standard InChI is InChI=1S/C19H19N3O2S2/c1-2-24-16-10-6-9-15(11-16)18(23)20-19-22-21-17(26-19)13-25-12-14-7-4-3-5-8-14/h3-11H,2,12-13H2,1H3,(H,20,22,23). The molecule has 1 N–H and O–H groups in total. The molecule has 1 aromatic heterocycles. The molecule has 0 saturated heterocycles. The minimum atomic E-state index is -0.216. The highest BCUT2D eigenvalue weighted by atomic mass is 32.2. The van der Waals surface area contributed by atoms with Gasteiger partial charge >= 0.3 is 0 Å². The minimum absolute atomic E-state index is 0.216. The number of aromatic nitrogens is 2. The molecule has 0 atom stereocenters. The summed E-state index contributed by atoms with van der Waals surface area (Å²) in [6, 6.07) is 17.4. The highest BCUT2D eigenvalue weighted by Crippen LogP contribution is 2.23. The zero-order valence-electron chi connectivity index (χ0n) is 14.3. The van der Waals surface area contributed by atoms with Crippen molar-refractivity contribution in [2.45, 2.75) is 18.4 Å². The smallest absolute Gasteiger partial charge is 0.257 e. The number of nitrogens with one attached hydrogen (secondary N) is 1. The van der Waals surface area contributed by atoms with Crippen LogP contribution in [0, 0.1) is 0 Å². The summed E-state index contributed by atoms with van der Waals surface area (Å²) in [6.45, 7) is 2.47. The van der Waals surface area contributed by atoms with Crippen molar-refractivity contribution in [1.29, 1.82) is 0 Å². The maximum absolute atomic E-state index is 12.3. The molecule has 0 saturated carbocycles. The van der Waals surface area contributed by atoms with Gasteiger partial charge in [0.1, 0.15) is 10.8 Å². The topological polar surface area (TPSA) is 64.1 Å². The highest BCUT2D eigenvalue weighted by molar-refractivity contribution is 7.97. The van der Waals surface area contributed by atoms with Gasteiger partial charge in [-0.2, -0.15) is 0 Å². The van der Waals surface area contributed by atoms with Gasteiger partial charge in [-0.15, -0.1) is 22.0 Å². The van der Waals surface area contributed by atoms with Crippen molar-refractivity contribution in [3.8, 4) is 5.75 Å². The Labute approximate surface area is 160 Å². The number of amides is 1. The van der Waals surface area contributed by atoms with Gasteiger partial charge < -0.3 is 4.74 Å². The first-order valence-corrected chi connectivity index (χ1v) is 10.2. The molecule has 3 aromatic rings. The molecule has 0 aliphatic rings. The van der Waals surface area contributed by atoms with Gasteiger partial charge in [0.05, 0.1) is 6.61 Å². The molecule has 5 nitrogen and oxygen atoms in total. The van der Waals surface area contributed by atoms with Gasteiger partial charge in [0, 0.05) is 17.1 Å². The predicted molar refractivity (Wildman–Crippen MR) is 107 cm³/mol. The molecule has 1 heterocycles. The van der Waals surface area contributed by atoms with Crippen molar-refractivity contribution in [3.05, 3.63) is 70.7 Å². The van der Waals surface area contributed by atoms with E-state index >= 15 is 0 Å². The van der Waals surface area contributed by atoms with E-state index < -0.39 is 0 Å². The fourth-order valence-corrected chi connectivity index (χ4v) is 4.03. The van der Waals surface area contributed by atoms with E-state index in [9.17, 15) is 4.79 Å². The maximum Gasteiger partial charge on any atom is 0.257 e. The van der Waals surface area contributed by atoms with Crippen LogP contribution in [0.1, 0.15) is 27.9 Å². The highest BCUT2D eigenvalue weighted by Gasteiger charge is 2.11. The monoisotopic (exact) mass is 385 g/mol. The lowest BCUT2D eigenvalue weighted by Crippen LogP contribution is -2.11. The number of carbonyl (C=O) groups is 1. The van der Waals surface area contributed by atoms with E-state index in [1.54, 1.807) is 30.0 Å². The number of thioether (sulfide) groups is 1. The third-order valence-corrected chi connectivity index (χ3v) is 5.47. The van der Waals surface area contributed by atoms with Crippen LogP contribution in [0.25, 0.3) is 0 Å². The molecule has 0 aliphatic carbocycles. The summed E-state index contributed by atoms with van der Waals surface area (Å²) in [5, 5.41) is 12.4. The van der Waals surface area contributed by atoms with Crippen molar-refractivity contribution in [2.24, 2.45) is 0 Å². The van der Waals surface area contributed by atoms with E-state index in [2.05, 4.69) is 27.6 Å². The minimum Gasteiger partial charge on any atom is -0.494 e. The average molecular weight is 386 g/mol. The van der Waals surface area contributed by atoms with Crippen molar-refractivity contribution in [1.82, 2.24) is 10.2 Å². The molecule has 7 heteroatoms. The number of hydrogen-bond acceptors (Lipinski definition) is 6. The Hall–Kier alpha value is -2.38. The van der Waals surface area contributed by atoms with Gasteiger partial charge in [-0.25, -0.2) is 0 Å². The molecule has 0 fully saturated rings. The number of ether oxygens (including phenoxy) is 1. The lowest BCUT2D eigenvalue weighted by atomic mass is 10.2. The Bertz CT molecular complexity index is 853. The number of anilines is 1. The SMILES string of the molecule is CCOc1cccc(C(=O)Nc2nnc(CSCc3ccccc3)s2)c1. The van der Waals surface area contributed by atoms with E-state index in [0.717, 1.165) is 16.5 Å². The number of nitrogens with zero attached hydrogens (tertiary/aromatic N) is 2. The second kappa shape index (κ2) is 9.35. The van der Waals surface area contributed by atoms with Crippen LogP contribution in [0.3, 0.4) is 0 Å². The molecule has 3 rings (SSSR count). The van der Waals surface area contributed by atoms with Crippen molar-refractivity contribution in [3.63, 3.8) is 0 Å². The molecular weight excluding hydrogens is 366 g/mol. The van der Waals surface area contributed by atoms with Gasteiger partial charge in [0.15, 0.2) is 0 Å². The second-order valence-corrected chi connectivity index (χ2v) is 7.44. The van der Waals surface area contributed by atoms with E-state index in [4.69, 9.17) is 4.74 Å². The Morgan fingerprint density at radius 2 is 1.96 bits per heavy atom. The molecule has 0 radical (unpaired) electrons. The lowest BCUT2D eigenvalue weighted by Gasteiger charge is -2.05. The molecular formula is C19H19N3O2S2. The lowest BCUT2D eigenvalue weighted by molar-refractivity contribution is 0.102. The summed E-state index contributed by atoms with van der Waals surface area (Å²) in [5.41, 5.74) is 1.82. The number of benzene rings is 2. The molecule has 0 bridgehead atoms. The maximum atomic E-state index is 12.3. The zero-order valence-corrected chi connectivity index (χ0v) is 16.0. The summed E-state index contributed by atoms with van der Waals surface area (Å²) >= 11 is 3.17. The molecule has 0 aliphatic heterocycles. The summed E-state index contributed by atoms with van der Waals surface area (Å²) in [6.07, 6.45) is 0. The van der Waals surface area contributed by atoms with Crippen LogP contribution in [-0.4, -0.2) is 22.7 Å². The van der Waals surface area contributed by atoms with E-state index in [1.807, 2.05) is 31.2 Å². The van der Waals surface area contributed by atoms with Gasteiger partial charge in [-0.1, -0.05) is 47.7 Å². The Kier molecular flexibility index (Phi) is 6.62. The van der Waals surface area contributed by atoms with Crippen LogP contribution in [0.15, 0.2) is 54.6 Å². The molecule has 26 heavy (non-hydrogen) atoms. The molecule has 2 aromatic carbocycles. The van der Waals surface area contributed by atoms with Crippen molar-refractivity contribution in [2.75, 3.05) is 11.9 Å². The van der Waals surface area contributed by atoms with Crippen LogP contribution in [-0.2, 0) is 11.5 Å². The van der Waals surface area contributed by atoms with Gasteiger partial charge in [-0.05, 0) is 30.7 Å². The third kappa shape index (κ3) is 5.31. The van der Waals surface area contributed by atoms with Gasteiger partial charge in [-0.3, -0.25) is 10.1 Å². The van der Waals surface area contributed by atoms with Crippen LogP contribution < -0.4 is 10.1 Å². The van der Waals surface area contributed by atoms with Crippen LogP contribution in [0.2, 0.25) is 0 Å². The summed E-state index contributed by atoms with van der Waals surface area (Å²) in [5.74, 6) is 2.15. The van der Waals surface area contributed by atoms with Gasteiger partial charge in [0.25, 0.3) is 5.91 Å². The first-order valence-electron chi connectivity index (χ1n) is 8.23. The summed E-state index contributed by atoms with van der Waals surface area (Å²) in [7, 11) is 0. The third-order valence-electron chi connectivity index (χ3n) is 3.43. The molecule has 0 unspecified atom stereocenters. The van der Waals surface area contributed by atoms with Crippen LogP contribution in [0.4, 0.5) is 5.13 Å². The fourth-order valence-electron chi connectivity index (χ4n) is 2.26. The van der Waals surface area contributed by atoms with E-state index in [-0.39, 0.29) is 5.91 Å². The molecule has 134 valence electrons. The summed E-state index contributed by atoms with van der Waals surface area (Å²) in [4.78, 5) is 12.3. The van der Waals surface area contributed by atoms with Crippen molar-refractivity contribution >= 4 is 34.1 Å². The largest absolute Gasteiger partial charge is 0.494 e. The average Bonchev–Trinajstić information content (AvgIpc) is 3.10. The number of carbonyl (C=O) groups excluding carboxylic acids is 1. The molecule has 1 amide bonds. The van der Waals surface area contributed by atoms with E-state index in [0.29, 0.717) is 23.1 Å².